The summed E-state index contributed by atoms with van der Waals surface area (Å²) in [6.07, 6.45) is 2.18. The van der Waals surface area contributed by atoms with Gasteiger partial charge >= 0.3 is 0 Å². The highest BCUT2D eigenvalue weighted by molar-refractivity contribution is 7.89. The molecule has 90 valence electrons. The summed E-state index contributed by atoms with van der Waals surface area (Å²) < 4.78 is 26.1. The monoisotopic (exact) mass is 262 g/mol. The average molecular weight is 263 g/mol. The summed E-state index contributed by atoms with van der Waals surface area (Å²) in [5.74, 6) is 0.315. The summed E-state index contributed by atoms with van der Waals surface area (Å²) in [7, 11) is -3.45. The molecule has 0 aliphatic rings. The van der Waals surface area contributed by atoms with E-state index in [-0.39, 0.29) is 10.0 Å². The molecule has 4 nitrogen and oxygen atoms in total. The third-order valence-corrected chi connectivity index (χ3v) is 3.96. The van der Waals surface area contributed by atoms with Gasteiger partial charge in [-0.05, 0) is 18.1 Å². The summed E-state index contributed by atoms with van der Waals surface area (Å²) in [6.45, 7) is 4.44. The second kappa shape index (κ2) is 5.61. The Bertz CT molecular complexity index is 431. The molecule has 0 saturated heterocycles. The summed E-state index contributed by atoms with van der Waals surface area (Å²) in [6, 6.07) is 2.90. The molecule has 0 aromatic carbocycles. The lowest BCUT2D eigenvalue weighted by atomic mass is 10.1. The lowest BCUT2D eigenvalue weighted by Crippen LogP contribution is -2.28. The van der Waals surface area contributed by atoms with Crippen molar-refractivity contribution in [2.75, 3.05) is 6.54 Å². The van der Waals surface area contributed by atoms with Crippen LogP contribution < -0.4 is 4.72 Å². The van der Waals surface area contributed by atoms with E-state index in [9.17, 15) is 8.42 Å². The van der Waals surface area contributed by atoms with Gasteiger partial charge in [0.1, 0.15) is 10.0 Å². The third-order valence-electron chi connectivity index (χ3n) is 2.33. The first-order chi connectivity index (χ1) is 7.45. The maximum absolute atomic E-state index is 11.8. The van der Waals surface area contributed by atoms with Crippen molar-refractivity contribution in [3.8, 4) is 0 Å². The van der Waals surface area contributed by atoms with Crippen molar-refractivity contribution in [3.05, 3.63) is 23.5 Å². The number of hydrogen-bond acceptors (Lipinski definition) is 3. The van der Waals surface area contributed by atoms with Gasteiger partial charge in [0.25, 0.3) is 0 Å². The highest BCUT2D eigenvalue weighted by atomic mass is 35.5. The molecule has 6 heteroatoms. The van der Waals surface area contributed by atoms with E-state index >= 15 is 0 Å². The normalized spacial score (nSPS) is 13.7. The molecule has 0 fully saturated rings. The van der Waals surface area contributed by atoms with Gasteiger partial charge in [0, 0.05) is 12.7 Å². The van der Waals surface area contributed by atoms with Gasteiger partial charge < -0.3 is 0 Å². The van der Waals surface area contributed by atoms with E-state index in [2.05, 4.69) is 9.71 Å². The molecule has 0 aliphatic heterocycles. The molecule has 0 amide bonds. The van der Waals surface area contributed by atoms with Crippen LogP contribution in [0.5, 0.6) is 0 Å². The minimum absolute atomic E-state index is 0.139. The molecule has 1 rings (SSSR count). The zero-order valence-corrected chi connectivity index (χ0v) is 10.8. The summed E-state index contributed by atoms with van der Waals surface area (Å²) in [4.78, 5) is 3.88. The van der Waals surface area contributed by atoms with Gasteiger partial charge in [-0.3, -0.25) is 0 Å². The molecule has 1 N–H and O–H groups in total. The van der Waals surface area contributed by atoms with Crippen LogP contribution in [0.3, 0.4) is 0 Å². The Labute approximate surface area is 101 Å². The number of pyridine rings is 1. The minimum atomic E-state index is -3.45. The van der Waals surface area contributed by atoms with E-state index in [0.29, 0.717) is 12.5 Å². The summed E-state index contributed by atoms with van der Waals surface area (Å²) >= 11 is 5.59. The maximum atomic E-state index is 11.8. The smallest absolute Gasteiger partial charge is 0.242 e. The zero-order valence-electron chi connectivity index (χ0n) is 9.27. The van der Waals surface area contributed by atoms with Crippen LogP contribution in [-0.4, -0.2) is 19.9 Å². The van der Waals surface area contributed by atoms with Crippen LogP contribution in [0.25, 0.3) is 0 Å². The van der Waals surface area contributed by atoms with Crippen LogP contribution >= 0.6 is 11.6 Å². The van der Waals surface area contributed by atoms with Gasteiger partial charge in [-0.1, -0.05) is 31.9 Å². The number of nitrogens with one attached hydrogen (secondary N) is 1. The van der Waals surface area contributed by atoms with Crippen molar-refractivity contribution in [3.63, 3.8) is 0 Å². The molecular formula is C10H15ClN2O2S. The number of sulfonamides is 1. The Balaban J connectivity index is 2.74. The Kier molecular flexibility index (Phi) is 4.70. The van der Waals surface area contributed by atoms with Gasteiger partial charge in [0.2, 0.25) is 10.0 Å². The first kappa shape index (κ1) is 13.4. The van der Waals surface area contributed by atoms with E-state index < -0.39 is 10.0 Å². The molecule has 1 atom stereocenters. The maximum Gasteiger partial charge on any atom is 0.242 e. The molecule has 16 heavy (non-hydrogen) atoms. The molecule has 1 heterocycles. The van der Waals surface area contributed by atoms with Gasteiger partial charge in [0.05, 0.1) is 0 Å². The highest BCUT2D eigenvalue weighted by Crippen LogP contribution is 2.11. The second-order valence-electron chi connectivity index (χ2n) is 3.68. The number of halogens is 1. The number of hydrogen-bond donors (Lipinski definition) is 1. The molecule has 1 aromatic heterocycles. The first-order valence-electron chi connectivity index (χ1n) is 5.07. The molecular weight excluding hydrogens is 248 g/mol. The van der Waals surface area contributed by atoms with Crippen molar-refractivity contribution in [2.45, 2.75) is 25.2 Å². The molecule has 1 aromatic rings. The van der Waals surface area contributed by atoms with Gasteiger partial charge in [-0.25, -0.2) is 18.1 Å². The van der Waals surface area contributed by atoms with E-state index in [1.807, 2.05) is 13.8 Å². The molecule has 0 radical (unpaired) electrons. The van der Waals surface area contributed by atoms with Crippen molar-refractivity contribution >= 4 is 21.6 Å². The van der Waals surface area contributed by atoms with E-state index in [4.69, 9.17) is 11.6 Å². The number of aromatic nitrogens is 1. The highest BCUT2D eigenvalue weighted by Gasteiger charge is 2.14. The predicted molar refractivity (Wildman–Crippen MR) is 63.9 cm³/mol. The fraction of sp³-hybridized carbons (Fsp3) is 0.500. The molecule has 0 bridgehead atoms. The largest absolute Gasteiger partial charge is 0.243 e. The second-order valence-corrected chi connectivity index (χ2v) is 5.84. The van der Waals surface area contributed by atoms with Crippen LogP contribution in [0.15, 0.2) is 23.2 Å². The molecule has 0 aliphatic carbocycles. The fourth-order valence-electron chi connectivity index (χ4n) is 1.00. The van der Waals surface area contributed by atoms with Gasteiger partial charge in [0.15, 0.2) is 0 Å². The van der Waals surface area contributed by atoms with Crippen molar-refractivity contribution < 1.29 is 8.42 Å². The van der Waals surface area contributed by atoms with E-state index in [0.717, 1.165) is 6.42 Å². The predicted octanol–water partition coefficient (Wildman–Crippen LogP) is 2.06. The summed E-state index contributed by atoms with van der Waals surface area (Å²) in [5.41, 5.74) is 0. The van der Waals surface area contributed by atoms with E-state index in [1.165, 1.54) is 18.3 Å². The Morgan fingerprint density at radius 2 is 2.19 bits per heavy atom. The van der Waals surface area contributed by atoms with Gasteiger partial charge in [-0.15, -0.1) is 0 Å². The van der Waals surface area contributed by atoms with Crippen LogP contribution in [0, 0.1) is 5.92 Å². The standard InChI is InChI=1S/C10H15ClN2O2S/c1-3-8(2)6-13-16(14,15)9-4-5-10(11)12-7-9/h4-5,7-8,13H,3,6H2,1-2H3. The molecule has 0 spiro atoms. The van der Waals surface area contributed by atoms with Crippen LogP contribution in [0.2, 0.25) is 5.15 Å². The molecule has 0 saturated carbocycles. The van der Waals surface area contributed by atoms with Gasteiger partial charge in [-0.2, -0.15) is 0 Å². The van der Waals surface area contributed by atoms with Crippen molar-refractivity contribution in [1.29, 1.82) is 0 Å². The average Bonchev–Trinajstić information content (AvgIpc) is 2.26. The number of nitrogens with zero attached hydrogens (tertiary/aromatic N) is 1. The van der Waals surface area contributed by atoms with E-state index in [1.54, 1.807) is 0 Å². The third kappa shape index (κ3) is 3.73. The first-order valence-corrected chi connectivity index (χ1v) is 6.93. The fourth-order valence-corrected chi connectivity index (χ4v) is 2.22. The lowest BCUT2D eigenvalue weighted by molar-refractivity contribution is 0.528. The van der Waals surface area contributed by atoms with Crippen LogP contribution in [0.4, 0.5) is 0 Å². The van der Waals surface area contributed by atoms with Crippen molar-refractivity contribution in [1.82, 2.24) is 9.71 Å². The van der Waals surface area contributed by atoms with Crippen LogP contribution in [0.1, 0.15) is 20.3 Å². The SMILES string of the molecule is CCC(C)CNS(=O)(=O)c1ccc(Cl)nc1. The topological polar surface area (TPSA) is 59.1 Å². The van der Waals surface area contributed by atoms with Crippen molar-refractivity contribution in [2.24, 2.45) is 5.92 Å². The van der Waals surface area contributed by atoms with Crippen LogP contribution in [-0.2, 0) is 10.0 Å². The quantitative estimate of drug-likeness (QED) is 0.827. The lowest BCUT2D eigenvalue weighted by Gasteiger charge is -2.10. The minimum Gasteiger partial charge on any atom is -0.243 e. The number of rotatable bonds is 5. The summed E-state index contributed by atoms with van der Waals surface area (Å²) in [5, 5.41) is 0.279. The Morgan fingerprint density at radius 1 is 1.50 bits per heavy atom. The Morgan fingerprint density at radius 3 is 2.69 bits per heavy atom. The zero-order chi connectivity index (χ0) is 12.2. The Hall–Kier alpha value is -0.650. The molecule has 1 unspecified atom stereocenters.